The van der Waals surface area contributed by atoms with Crippen LogP contribution in [-0.4, -0.2) is 49.7 Å². The molecule has 0 saturated carbocycles. The molecule has 1 aliphatic rings. The number of amides is 1. The molecule has 1 saturated heterocycles. The Kier molecular flexibility index (Phi) is 5.22. The van der Waals surface area contributed by atoms with Crippen LogP contribution in [0.5, 0.6) is 0 Å². The standard InChI is InChI=1S/C12H24N2O2/c1-9(2)10(3)14(4)12(15)7-11-8-13-5-6-16-11/h9-11,13H,5-8H2,1-4H3. The number of nitrogens with zero attached hydrogens (tertiary/aromatic N) is 1. The zero-order valence-electron chi connectivity index (χ0n) is 10.8. The van der Waals surface area contributed by atoms with Crippen molar-refractivity contribution in [2.45, 2.75) is 39.3 Å². The van der Waals surface area contributed by atoms with Gasteiger partial charge in [-0.3, -0.25) is 4.79 Å². The van der Waals surface area contributed by atoms with E-state index in [1.165, 1.54) is 0 Å². The Hall–Kier alpha value is -0.610. The largest absolute Gasteiger partial charge is 0.375 e. The van der Waals surface area contributed by atoms with Gasteiger partial charge in [-0.2, -0.15) is 0 Å². The number of hydrogen-bond donors (Lipinski definition) is 1. The predicted octanol–water partition coefficient (Wildman–Crippen LogP) is 0.868. The molecule has 1 N–H and O–H groups in total. The quantitative estimate of drug-likeness (QED) is 0.776. The van der Waals surface area contributed by atoms with E-state index in [1.54, 1.807) is 0 Å². The van der Waals surface area contributed by atoms with Gasteiger partial charge in [0.05, 0.1) is 19.1 Å². The van der Waals surface area contributed by atoms with Crippen molar-refractivity contribution in [1.29, 1.82) is 0 Å². The van der Waals surface area contributed by atoms with E-state index in [0.717, 1.165) is 13.1 Å². The minimum atomic E-state index is 0.0445. The molecule has 1 amide bonds. The predicted molar refractivity (Wildman–Crippen MR) is 64.3 cm³/mol. The molecule has 1 rings (SSSR count). The van der Waals surface area contributed by atoms with Gasteiger partial charge in [-0.05, 0) is 12.8 Å². The first-order valence-corrected chi connectivity index (χ1v) is 6.10. The highest BCUT2D eigenvalue weighted by molar-refractivity contribution is 5.76. The summed E-state index contributed by atoms with van der Waals surface area (Å²) in [5.74, 6) is 0.661. The van der Waals surface area contributed by atoms with Crippen LogP contribution in [0.15, 0.2) is 0 Å². The Morgan fingerprint density at radius 3 is 2.69 bits per heavy atom. The van der Waals surface area contributed by atoms with Crippen LogP contribution >= 0.6 is 0 Å². The normalized spacial score (nSPS) is 23.2. The van der Waals surface area contributed by atoms with Crippen LogP contribution in [0.2, 0.25) is 0 Å². The first-order valence-electron chi connectivity index (χ1n) is 6.10. The molecule has 0 spiro atoms. The van der Waals surface area contributed by atoms with Crippen molar-refractivity contribution in [3.05, 3.63) is 0 Å². The van der Waals surface area contributed by atoms with Crippen LogP contribution in [-0.2, 0) is 9.53 Å². The third-order valence-electron chi connectivity index (χ3n) is 3.38. The van der Waals surface area contributed by atoms with Crippen molar-refractivity contribution >= 4 is 5.91 Å². The van der Waals surface area contributed by atoms with Crippen LogP contribution in [0.1, 0.15) is 27.2 Å². The van der Waals surface area contributed by atoms with Gasteiger partial charge in [-0.1, -0.05) is 13.8 Å². The SMILES string of the molecule is CC(C)C(C)N(C)C(=O)CC1CNCCO1. The average molecular weight is 228 g/mol. The highest BCUT2D eigenvalue weighted by atomic mass is 16.5. The van der Waals surface area contributed by atoms with Crippen LogP contribution in [0.4, 0.5) is 0 Å². The Balaban J connectivity index is 2.38. The lowest BCUT2D eigenvalue weighted by molar-refractivity contribution is -0.136. The second-order valence-electron chi connectivity index (χ2n) is 4.89. The smallest absolute Gasteiger partial charge is 0.225 e. The van der Waals surface area contributed by atoms with E-state index in [9.17, 15) is 4.79 Å². The minimum absolute atomic E-state index is 0.0445. The molecule has 16 heavy (non-hydrogen) atoms. The maximum absolute atomic E-state index is 12.0. The summed E-state index contributed by atoms with van der Waals surface area (Å²) < 4.78 is 5.53. The van der Waals surface area contributed by atoms with Crippen LogP contribution in [0.3, 0.4) is 0 Å². The molecule has 4 heteroatoms. The summed E-state index contributed by atoms with van der Waals surface area (Å²) >= 11 is 0. The van der Waals surface area contributed by atoms with Gasteiger partial charge in [-0.25, -0.2) is 0 Å². The van der Waals surface area contributed by atoms with Crippen LogP contribution in [0.25, 0.3) is 0 Å². The topological polar surface area (TPSA) is 41.6 Å². The fraction of sp³-hybridized carbons (Fsp3) is 0.917. The molecule has 94 valence electrons. The van der Waals surface area contributed by atoms with E-state index in [1.807, 2.05) is 11.9 Å². The minimum Gasteiger partial charge on any atom is -0.375 e. The van der Waals surface area contributed by atoms with Gasteiger partial charge >= 0.3 is 0 Å². The molecule has 1 heterocycles. The molecule has 0 bridgehead atoms. The van der Waals surface area contributed by atoms with Crippen LogP contribution < -0.4 is 5.32 Å². The molecule has 1 fully saturated rings. The highest BCUT2D eigenvalue weighted by Gasteiger charge is 2.23. The molecule has 2 unspecified atom stereocenters. The Morgan fingerprint density at radius 2 is 2.19 bits per heavy atom. The lowest BCUT2D eigenvalue weighted by Crippen LogP contribution is -2.44. The van der Waals surface area contributed by atoms with Crippen molar-refractivity contribution < 1.29 is 9.53 Å². The van der Waals surface area contributed by atoms with E-state index in [-0.39, 0.29) is 18.1 Å². The molecule has 0 aromatic rings. The third-order valence-corrected chi connectivity index (χ3v) is 3.38. The molecular formula is C12H24N2O2. The fourth-order valence-corrected chi connectivity index (χ4v) is 1.76. The average Bonchev–Trinajstić information content (AvgIpc) is 2.28. The van der Waals surface area contributed by atoms with E-state index in [4.69, 9.17) is 4.74 Å². The molecule has 0 aromatic carbocycles. The van der Waals surface area contributed by atoms with Gasteiger partial charge in [0, 0.05) is 26.2 Å². The Bertz CT molecular complexity index is 225. The zero-order chi connectivity index (χ0) is 12.1. The van der Waals surface area contributed by atoms with E-state index in [2.05, 4.69) is 26.1 Å². The molecule has 0 aliphatic carbocycles. The Morgan fingerprint density at radius 1 is 1.50 bits per heavy atom. The maximum Gasteiger partial charge on any atom is 0.225 e. The molecule has 4 nitrogen and oxygen atoms in total. The van der Waals surface area contributed by atoms with Crippen molar-refractivity contribution in [2.75, 3.05) is 26.7 Å². The van der Waals surface area contributed by atoms with Gasteiger partial charge in [0.25, 0.3) is 0 Å². The number of morpholine rings is 1. The van der Waals surface area contributed by atoms with E-state index in [0.29, 0.717) is 18.9 Å². The van der Waals surface area contributed by atoms with E-state index >= 15 is 0 Å². The molecule has 0 aromatic heterocycles. The number of rotatable bonds is 4. The molecule has 0 radical (unpaired) electrons. The monoisotopic (exact) mass is 228 g/mol. The second kappa shape index (κ2) is 6.21. The molecule has 2 atom stereocenters. The summed E-state index contributed by atoms with van der Waals surface area (Å²) in [4.78, 5) is 13.8. The number of hydrogen-bond acceptors (Lipinski definition) is 3. The second-order valence-corrected chi connectivity index (χ2v) is 4.89. The summed E-state index contributed by atoms with van der Waals surface area (Å²) in [7, 11) is 1.88. The zero-order valence-corrected chi connectivity index (χ0v) is 10.8. The summed E-state index contributed by atoms with van der Waals surface area (Å²) in [6.07, 6.45) is 0.531. The van der Waals surface area contributed by atoms with E-state index < -0.39 is 0 Å². The molecular weight excluding hydrogens is 204 g/mol. The first-order chi connectivity index (χ1) is 7.52. The third kappa shape index (κ3) is 3.76. The van der Waals surface area contributed by atoms with Gasteiger partial charge in [0.15, 0.2) is 0 Å². The van der Waals surface area contributed by atoms with Crippen LogP contribution in [0, 0.1) is 5.92 Å². The fourth-order valence-electron chi connectivity index (χ4n) is 1.76. The van der Waals surface area contributed by atoms with Crippen molar-refractivity contribution in [3.8, 4) is 0 Å². The number of carbonyl (C=O) groups excluding carboxylic acids is 1. The lowest BCUT2D eigenvalue weighted by atomic mass is 10.0. The van der Waals surface area contributed by atoms with Crippen molar-refractivity contribution in [1.82, 2.24) is 10.2 Å². The number of nitrogens with one attached hydrogen (secondary N) is 1. The van der Waals surface area contributed by atoms with Gasteiger partial charge in [-0.15, -0.1) is 0 Å². The van der Waals surface area contributed by atoms with Gasteiger partial charge < -0.3 is 15.0 Å². The summed E-state index contributed by atoms with van der Waals surface area (Å²) in [5.41, 5.74) is 0. The van der Waals surface area contributed by atoms with Gasteiger partial charge in [0.2, 0.25) is 5.91 Å². The first kappa shape index (κ1) is 13.5. The highest BCUT2D eigenvalue weighted by Crippen LogP contribution is 2.11. The number of carbonyl (C=O) groups is 1. The van der Waals surface area contributed by atoms with Gasteiger partial charge in [0.1, 0.15) is 0 Å². The molecule has 1 aliphatic heterocycles. The maximum atomic E-state index is 12.0. The lowest BCUT2D eigenvalue weighted by Gasteiger charge is -2.30. The summed E-state index contributed by atoms with van der Waals surface area (Å²) in [6.45, 7) is 8.74. The Labute approximate surface area is 98.3 Å². The van der Waals surface area contributed by atoms with Crippen molar-refractivity contribution in [2.24, 2.45) is 5.92 Å². The summed E-state index contributed by atoms with van der Waals surface area (Å²) in [6, 6.07) is 0.282. The number of ether oxygens (including phenoxy) is 1. The summed E-state index contributed by atoms with van der Waals surface area (Å²) in [5, 5.41) is 3.24. The van der Waals surface area contributed by atoms with Crippen molar-refractivity contribution in [3.63, 3.8) is 0 Å².